The number of hydrogen-bond donors (Lipinski definition) is 1. The third kappa shape index (κ3) is 4.38. The molecular weight excluding hydrogens is 225 g/mol. The number of carboxylic acids is 1. The topological polar surface area (TPSA) is 46.5 Å². The molecule has 0 spiro atoms. The molecule has 1 N–H and O–H groups in total. The number of ether oxygens (including phenoxy) is 1. The quantitative estimate of drug-likeness (QED) is 0.802. The average molecular weight is 240 g/mol. The fraction of sp³-hybridized carbons (Fsp3) is 0.900. The van der Waals surface area contributed by atoms with Gasteiger partial charge in [-0.3, -0.25) is 4.79 Å². The number of hydrogen-bond acceptors (Lipinski definition) is 2. The van der Waals surface area contributed by atoms with Gasteiger partial charge in [-0.05, 0) is 18.8 Å². The molecule has 6 heteroatoms. The van der Waals surface area contributed by atoms with Crippen molar-refractivity contribution in [1.82, 2.24) is 0 Å². The highest BCUT2D eigenvalue weighted by Gasteiger charge is 2.33. The second-order valence-electron chi connectivity index (χ2n) is 4.12. The Hall–Kier alpha value is -0.780. The summed E-state index contributed by atoms with van der Waals surface area (Å²) in [4.78, 5) is 10.9. The van der Waals surface area contributed by atoms with Crippen LogP contribution in [-0.2, 0) is 9.53 Å². The first kappa shape index (κ1) is 13.3. The SMILES string of the molecule is O=C(O)C(COCC(F)(F)F)C1CCCC1. The summed E-state index contributed by atoms with van der Waals surface area (Å²) >= 11 is 0. The van der Waals surface area contributed by atoms with Crippen LogP contribution in [0.3, 0.4) is 0 Å². The first-order chi connectivity index (χ1) is 7.40. The summed E-state index contributed by atoms with van der Waals surface area (Å²) in [5.74, 6) is -1.90. The van der Waals surface area contributed by atoms with Crippen LogP contribution in [-0.4, -0.2) is 30.5 Å². The summed E-state index contributed by atoms with van der Waals surface area (Å²) in [5, 5.41) is 8.90. The van der Waals surface area contributed by atoms with Crippen molar-refractivity contribution in [3.05, 3.63) is 0 Å². The van der Waals surface area contributed by atoms with Crippen LogP contribution >= 0.6 is 0 Å². The van der Waals surface area contributed by atoms with Gasteiger partial charge in [-0.1, -0.05) is 12.8 Å². The van der Waals surface area contributed by atoms with Gasteiger partial charge in [-0.2, -0.15) is 13.2 Å². The molecule has 0 heterocycles. The van der Waals surface area contributed by atoms with Crippen molar-refractivity contribution in [3.63, 3.8) is 0 Å². The van der Waals surface area contributed by atoms with Crippen molar-refractivity contribution >= 4 is 5.97 Å². The summed E-state index contributed by atoms with van der Waals surface area (Å²) in [6.07, 6.45) is -0.946. The van der Waals surface area contributed by atoms with Crippen molar-refractivity contribution in [2.24, 2.45) is 11.8 Å². The van der Waals surface area contributed by atoms with Gasteiger partial charge in [0.1, 0.15) is 6.61 Å². The molecule has 1 aliphatic carbocycles. The third-order valence-corrected chi connectivity index (χ3v) is 2.85. The van der Waals surface area contributed by atoms with E-state index in [9.17, 15) is 18.0 Å². The average Bonchev–Trinajstić information content (AvgIpc) is 2.62. The molecule has 0 amide bonds. The third-order valence-electron chi connectivity index (χ3n) is 2.85. The lowest BCUT2D eigenvalue weighted by atomic mass is 9.92. The molecule has 0 aromatic rings. The van der Waals surface area contributed by atoms with Gasteiger partial charge >= 0.3 is 12.1 Å². The Kier molecular flexibility index (Phi) is 4.58. The largest absolute Gasteiger partial charge is 0.481 e. The Morgan fingerprint density at radius 2 is 1.94 bits per heavy atom. The normalized spacial score (nSPS) is 19.9. The molecule has 1 rings (SSSR count). The van der Waals surface area contributed by atoms with Crippen LogP contribution in [0.1, 0.15) is 25.7 Å². The highest BCUT2D eigenvalue weighted by atomic mass is 19.4. The molecule has 1 aliphatic rings. The van der Waals surface area contributed by atoms with Crippen molar-refractivity contribution in [1.29, 1.82) is 0 Å². The second kappa shape index (κ2) is 5.52. The van der Waals surface area contributed by atoms with E-state index in [4.69, 9.17) is 5.11 Å². The van der Waals surface area contributed by atoms with Crippen LogP contribution in [0.15, 0.2) is 0 Å². The minimum absolute atomic E-state index is 0.0364. The number of halogens is 3. The van der Waals surface area contributed by atoms with E-state index in [2.05, 4.69) is 4.74 Å². The fourth-order valence-electron chi connectivity index (χ4n) is 2.07. The molecule has 0 aromatic carbocycles. The molecule has 0 saturated heterocycles. The van der Waals surface area contributed by atoms with Gasteiger partial charge < -0.3 is 9.84 Å². The first-order valence-corrected chi connectivity index (χ1v) is 5.27. The summed E-state index contributed by atoms with van der Waals surface area (Å²) in [7, 11) is 0. The molecule has 94 valence electrons. The maximum Gasteiger partial charge on any atom is 0.411 e. The molecule has 1 fully saturated rings. The minimum Gasteiger partial charge on any atom is -0.481 e. The van der Waals surface area contributed by atoms with E-state index in [-0.39, 0.29) is 12.5 Å². The van der Waals surface area contributed by atoms with E-state index in [1.165, 1.54) is 0 Å². The maximum atomic E-state index is 11.8. The number of alkyl halides is 3. The maximum absolute atomic E-state index is 11.8. The zero-order valence-electron chi connectivity index (χ0n) is 8.79. The standard InChI is InChI=1S/C10H15F3O3/c11-10(12,13)6-16-5-8(9(14)15)7-3-1-2-4-7/h7-8H,1-6H2,(H,14,15). The summed E-state index contributed by atoms with van der Waals surface area (Å²) < 4.78 is 39.9. The Balaban J connectivity index is 2.37. The Labute approximate surface area is 91.6 Å². The number of rotatable bonds is 5. The molecule has 0 aliphatic heterocycles. The van der Waals surface area contributed by atoms with Crippen LogP contribution in [0.2, 0.25) is 0 Å². The Morgan fingerprint density at radius 1 is 1.38 bits per heavy atom. The fourth-order valence-corrected chi connectivity index (χ4v) is 2.07. The first-order valence-electron chi connectivity index (χ1n) is 5.27. The minimum atomic E-state index is -4.39. The summed E-state index contributed by atoms with van der Waals surface area (Å²) in [6, 6.07) is 0. The molecule has 0 aromatic heterocycles. The summed E-state index contributed by atoms with van der Waals surface area (Å²) in [6.45, 7) is -1.72. The Bertz CT molecular complexity index is 234. The highest BCUT2D eigenvalue weighted by molar-refractivity contribution is 5.70. The van der Waals surface area contributed by atoms with E-state index in [1.807, 2.05) is 0 Å². The molecule has 16 heavy (non-hydrogen) atoms. The predicted molar refractivity (Wildman–Crippen MR) is 50.0 cm³/mol. The van der Waals surface area contributed by atoms with E-state index in [0.29, 0.717) is 0 Å². The van der Waals surface area contributed by atoms with Crippen molar-refractivity contribution < 1.29 is 27.8 Å². The van der Waals surface area contributed by atoms with Gasteiger partial charge in [0.2, 0.25) is 0 Å². The van der Waals surface area contributed by atoms with Crippen molar-refractivity contribution in [2.75, 3.05) is 13.2 Å². The van der Waals surface area contributed by atoms with Crippen molar-refractivity contribution in [3.8, 4) is 0 Å². The molecule has 1 saturated carbocycles. The molecule has 3 nitrogen and oxygen atoms in total. The number of carboxylic acid groups (broad SMARTS) is 1. The molecule has 1 atom stereocenters. The number of carbonyl (C=O) groups is 1. The Morgan fingerprint density at radius 3 is 2.38 bits per heavy atom. The predicted octanol–water partition coefficient (Wildman–Crippen LogP) is 2.46. The van der Waals surface area contributed by atoms with Gasteiger partial charge in [0.25, 0.3) is 0 Å². The van der Waals surface area contributed by atoms with Gasteiger partial charge in [0.05, 0.1) is 12.5 Å². The lowest BCUT2D eigenvalue weighted by Gasteiger charge is -2.19. The van der Waals surface area contributed by atoms with Crippen LogP contribution in [0, 0.1) is 11.8 Å². The van der Waals surface area contributed by atoms with Crippen LogP contribution in [0.5, 0.6) is 0 Å². The molecular formula is C10H15F3O3. The van der Waals surface area contributed by atoms with Crippen molar-refractivity contribution in [2.45, 2.75) is 31.9 Å². The van der Waals surface area contributed by atoms with E-state index >= 15 is 0 Å². The van der Waals surface area contributed by atoms with Gasteiger partial charge in [0.15, 0.2) is 0 Å². The smallest absolute Gasteiger partial charge is 0.411 e. The lowest BCUT2D eigenvalue weighted by molar-refractivity contribution is -0.181. The van der Waals surface area contributed by atoms with E-state index in [1.54, 1.807) is 0 Å². The van der Waals surface area contributed by atoms with Gasteiger partial charge in [-0.15, -0.1) is 0 Å². The van der Waals surface area contributed by atoms with E-state index < -0.39 is 24.7 Å². The van der Waals surface area contributed by atoms with Gasteiger partial charge in [0, 0.05) is 0 Å². The molecule has 1 unspecified atom stereocenters. The number of aliphatic carboxylic acids is 1. The molecule has 0 radical (unpaired) electrons. The zero-order valence-corrected chi connectivity index (χ0v) is 8.79. The summed E-state index contributed by atoms with van der Waals surface area (Å²) in [5.41, 5.74) is 0. The van der Waals surface area contributed by atoms with Crippen LogP contribution in [0.25, 0.3) is 0 Å². The zero-order chi connectivity index (χ0) is 12.2. The second-order valence-corrected chi connectivity index (χ2v) is 4.12. The van der Waals surface area contributed by atoms with Crippen LogP contribution in [0.4, 0.5) is 13.2 Å². The highest BCUT2D eigenvalue weighted by Crippen LogP contribution is 2.32. The molecule has 0 bridgehead atoms. The monoisotopic (exact) mass is 240 g/mol. The van der Waals surface area contributed by atoms with E-state index in [0.717, 1.165) is 25.7 Å². The van der Waals surface area contributed by atoms with Gasteiger partial charge in [-0.25, -0.2) is 0 Å². The van der Waals surface area contributed by atoms with Crippen LogP contribution < -0.4 is 0 Å². The lowest BCUT2D eigenvalue weighted by Crippen LogP contribution is -2.29.